The summed E-state index contributed by atoms with van der Waals surface area (Å²) in [5, 5.41) is 6.04. The molecule has 0 unspecified atom stereocenters. The standard InChI is InChI=1S/C23H30N4O4.HI/c1-5-24-22(25-14-16-6-8-19(9-7-16)26-23(28)31-4)27-11-10-17-12-20(29-2)21(30-3)13-18(17)15-27;/h6-9,12-13H,5,10-11,14-15H2,1-4H3,(H,24,25)(H,26,28);1H. The number of guanidine groups is 1. The summed E-state index contributed by atoms with van der Waals surface area (Å²) in [6.07, 6.45) is 0.424. The summed E-state index contributed by atoms with van der Waals surface area (Å²) in [6, 6.07) is 11.7. The SMILES string of the molecule is CCNC(=NCc1ccc(NC(=O)OC)cc1)N1CCc2cc(OC)c(OC)cc2C1.I. The molecule has 2 aromatic carbocycles. The molecule has 32 heavy (non-hydrogen) atoms. The molecule has 0 spiro atoms. The molecule has 0 saturated heterocycles. The summed E-state index contributed by atoms with van der Waals surface area (Å²) >= 11 is 0. The van der Waals surface area contributed by atoms with Crippen molar-refractivity contribution in [2.45, 2.75) is 26.4 Å². The topological polar surface area (TPSA) is 84.4 Å². The number of ether oxygens (including phenoxy) is 3. The van der Waals surface area contributed by atoms with Crippen molar-refractivity contribution in [1.82, 2.24) is 10.2 Å². The molecule has 1 aliphatic rings. The van der Waals surface area contributed by atoms with E-state index < -0.39 is 6.09 Å². The van der Waals surface area contributed by atoms with Gasteiger partial charge in [-0.3, -0.25) is 5.32 Å². The minimum Gasteiger partial charge on any atom is -0.493 e. The molecule has 2 aromatic rings. The normalized spacial score (nSPS) is 12.9. The van der Waals surface area contributed by atoms with Crippen LogP contribution in [0.4, 0.5) is 10.5 Å². The first-order chi connectivity index (χ1) is 15.1. The number of carbonyl (C=O) groups is 1. The summed E-state index contributed by atoms with van der Waals surface area (Å²) < 4.78 is 15.5. The van der Waals surface area contributed by atoms with Gasteiger partial charge in [0.15, 0.2) is 17.5 Å². The molecule has 0 atom stereocenters. The van der Waals surface area contributed by atoms with Crippen LogP contribution >= 0.6 is 24.0 Å². The Morgan fingerprint density at radius 1 is 1.06 bits per heavy atom. The van der Waals surface area contributed by atoms with Gasteiger partial charge in [-0.25, -0.2) is 9.79 Å². The number of benzene rings is 2. The van der Waals surface area contributed by atoms with E-state index in [1.807, 2.05) is 24.3 Å². The lowest BCUT2D eigenvalue weighted by molar-refractivity contribution is 0.187. The number of methoxy groups -OCH3 is 3. The highest BCUT2D eigenvalue weighted by Gasteiger charge is 2.21. The predicted molar refractivity (Wildman–Crippen MR) is 136 cm³/mol. The molecule has 8 nitrogen and oxygen atoms in total. The zero-order valence-electron chi connectivity index (χ0n) is 18.9. The maximum atomic E-state index is 11.3. The molecule has 0 fully saturated rings. The number of anilines is 1. The van der Waals surface area contributed by atoms with Crippen LogP contribution in [-0.2, 0) is 24.2 Å². The van der Waals surface area contributed by atoms with Gasteiger partial charge in [0.2, 0.25) is 0 Å². The smallest absolute Gasteiger partial charge is 0.411 e. The van der Waals surface area contributed by atoms with E-state index in [1.54, 1.807) is 14.2 Å². The van der Waals surface area contributed by atoms with Crippen LogP contribution in [0.5, 0.6) is 11.5 Å². The van der Waals surface area contributed by atoms with Gasteiger partial charge in [-0.15, -0.1) is 24.0 Å². The lowest BCUT2D eigenvalue weighted by atomic mass is 9.99. The van der Waals surface area contributed by atoms with Gasteiger partial charge in [0.25, 0.3) is 0 Å². The van der Waals surface area contributed by atoms with Crippen LogP contribution < -0.4 is 20.1 Å². The molecule has 2 N–H and O–H groups in total. The first-order valence-electron chi connectivity index (χ1n) is 10.3. The van der Waals surface area contributed by atoms with Gasteiger partial charge in [-0.2, -0.15) is 0 Å². The number of aliphatic imine (C=N–C) groups is 1. The number of amides is 1. The molecule has 1 heterocycles. The molecule has 0 saturated carbocycles. The number of hydrogen-bond acceptors (Lipinski definition) is 5. The largest absolute Gasteiger partial charge is 0.493 e. The highest BCUT2D eigenvalue weighted by Crippen LogP contribution is 2.33. The second-order valence-electron chi connectivity index (χ2n) is 7.13. The molecule has 9 heteroatoms. The van der Waals surface area contributed by atoms with Crippen molar-refractivity contribution in [2.75, 3.05) is 39.7 Å². The number of hydrogen-bond donors (Lipinski definition) is 2. The maximum absolute atomic E-state index is 11.3. The molecule has 0 radical (unpaired) electrons. The number of carbonyl (C=O) groups excluding carboxylic acids is 1. The fraction of sp³-hybridized carbons (Fsp3) is 0.391. The van der Waals surface area contributed by atoms with Crippen molar-refractivity contribution in [3.05, 3.63) is 53.1 Å². The molecule has 0 bridgehead atoms. The van der Waals surface area contributed by atoms with E-state index >= 15 is 0 Å². The molecule has 3 rings (SSSR count). The highest BCUT2D eigenvalue weighted by atomic mass is 127. The highest BCUT2D eigenvalue weighted by molar-refractivity contribution is 14.0. The van der Waals surface area contributed by atoms with E-state index in [0.717, 1.165) is 49.1 Å². The van der Waals surface area contributed by atoms with Crippen LogP contribution in [-0.4, -0.2) is 51.4 Å². The summed E-state index contributed by atoms with van der Waals surface area (Å²) in [5.74, 6) is 2.38. The molecule has 1 aliphatic heterocycles. The van der Waals surface area contributed by atoms with Gasteiger partial charge in [-0.05, 0) is 54.3 Å². The zero-order valence-corrected chi connectivity index (χ0v) is 21.3. The van der Waals surface area contributed by atoms with Crippen molar-refractivity contribution >= 4 is 41.7 Å². The summed E-state index contributed by atoms with van der Waals surface area (Å²) in [5.41, 5.74) is 4.23. The summed E-state index contributed by atoms with van der Waals surface area (Å²) in [7, 11) is 4.65. The Bertz CT molecular complexity index is 934. The second kappa shape index (κ2) is 12.4. The maximum Gasteiger partial charge on any atom is 0.411 e. The minimum atomic E-state index is -0.486. The Balaban J connectivity index is 0.00000363. The predicted octanol–water partition coefficient (Wildman–Crippen LogP) is 4.02. The van der Waals surface area contributed by atoms with Crippen LogP contribution in [0.25, 0.3) is 0 Å². The van der Waals surface area contributed by atoms with Gasteiger partial charge in [0.1, 0.15) is 0 Å². The van der Waals surface area contributed by atoms with Crippen molar-refractivity contribution in [3.63, 3.8) is 0 Å². The fourth-order valence-corrected chi connectivity index (χ4v) is 3.52. The number of halogens is 1. The van der Waals surface area contributed by atoms with E-state index in [2.05, 4.69) is 39.3 Å². The first-order valence-corrected chi connectivity index (χ1v) is 10.3. The lowest BCUT2D eigenvalue weighted by Crippen LogP contribution is -2.44. The Kier molecular flexibility index (Phi) is 9.89. The molecule has 1 amide bonds. The van der Waals surface area contributed by atoms with Crippen LogP contribution in [0, 0.1) is 0 Å². The Morgan fingerprint density at radius 2 is 1.72 bits per heavy atom. The van der Waals surface area contributed by atoms with Crippen molar-refractivity contribution in [2.24, 2.45) is 4.99 Å². The Morgan fingerprint density at radius 3 is 2.31 bits per heavy atom. The molecule has 174 valence electrons. The van der Waals surface area contributed by atoms with E-state index in [0.29, 0.717) is 12.2 Å². The quantitative estimate of drug-likeness (QED) is 0.319. The number of rotatable bonds is 6. The summed E-state index contributed by atoms with van der Waals surface area (Å²) in [6.45, 7) is 5.01. The molecule has 0 aliphatic carbocycles. The summed E-state index contributed by atoms with van der Waals surface area (Å²) in [4.78, 5) is 18.4. The number of fused-ring (bicyclic) bond motifs is 1. The van der Waals surface area contributed by atoms with E-state index in [1.165, 1.54) is 18.2 Å². The zero-order chi connectivity index (χ0) is 22.2. The average molecular weight is 554 g/mol. The number of nitrogens with zero attached hydrogens (tertiary/aromatic N) is 2. The third kappa shape index (κ3) is 6.41. The van der Waals surface area contributed by atoms with E-state index in [4.69, 9.17) is 14.5 Å². The second-order valence-corrected chi connectivity index (χ2v) is 7.13. The van der Waals surface area contributed by atoms with Crippen LogP contribution in [0.1, 0.15) is 23.6 Å². The van der Waals surface area contributed by atoms with E-state index in [-0.39, 0.29) is 24.0 Å². The number of nitrogens with one attached hydrogen (secondary N) is 2. The van der Waals surface area contributed by atoms with E-state index in [9.17, 15) is 4.79 Å². The molecular formula is C23H31IN4O4. The fourth-order valence-electron chi connectivity index (χ4n) is 3.52. The Labute approximate surface area is 206 Å². The third-order valence-electron chi connectivity index (χ3n) is 5.15. The van der Waals surface area contributed by atoms with Crippen LogP contribution in [0.2, 0.25) is 0 Å². The molecular weight excluding hydrogens is 523 g/mol. The minimum absolute atomic E-state index is 0. The Hall–Kier alpha value is -2.69. The van der Waals surface area contributed by atoms with Crippen LogP contribution in [0.15, 0.2) is 41.4 Å². The average Bonchev–Trinajstić information content (AvgIpc) is 2.81. The van der Waals surface area contributed by atoms with Gasteiger partial charge < -0.3 is 24.4 Å². The van der Waals surface area contributed by atoms with Gasteiger partial charge in [-0.1, -0.05) is 12.1 Å². The van der Waals surface area contributed by atoms with Crippen molar-refractivity contribution < 1.29 is 19.0 Å². The monoisotopic (exact) mass is 554 g/mol. The first kappa shape index (κ1) is 25.6. The van der Waals surface area contributed by atoms with Crippen molar-refractivity contribution in [1.29, 1.82) is 0 Å². The molecule has 0 aromatic heterocycles. The van der Waals surface area contributed by atoms with Gasteiger partial charge >= 0.3 is 6.09 Å². The van der Waals surface area contributed by atoms with Crippen molar-refractivity contribution in [3.8, 4) is 11.5 Å². The van der Waals surface area contributed by atoms with Crippen LogP contribution in [0.3, 0.4) is 0 Å². The van der Waals surface area contributed by atoms with Gasteiger partial charge in [0, 0.05) is 25.3 Å². The lowest BCUT2D eigenvalue weighted by Gasteiger charge is -2.32. The van der Waals surface area contributed by atoms with Gasteiger partial charge in [0.05, 0.1) is 27.9 Å². The third-order valence-corrected chi connectivity index (χ3v) is 5.15.